The molecule has 0 bridgehead atoms. The smallest absolute Gasteiger partial charge is 0.200 e. The first-order valence-electron chi connectivity index (χ1n) is 5.72. The van der Waals surface area contributed by atoms with E-state index in [1.165, 1.54) is 9.51 Å². The zero-order valence-corrected chi connectivity index (χ0v) is 10.6. The summed E-state index contributed by atoms with van der Waals surface area (Å²) in [5.74, 6) is 0.773. The Morgan fingerprint density at radius 3 is 3.11 bits per heavy atom. The largest absolute Gasteiger partial charge is 0.361 e. The molecule has 0 fully saturated rings. The third-order valence-electron chi connectivity index (χ3n) is 2.69. The minimum absolute atomic E-state index is 0.270. The van der Waals surface area contributed by atoms with Crippen molar-refractivity contribution >= 4 is 22.8 Å². The maximum Gasteiger partial charge on any atom is 0.200 e. The summed E-state index contributed by atoms with van der Waals surface area (Å²) in [6.07, 6.45) is 0.996. The monoisotopic (exact) mass is 260 g/mol. The van der Waals surface area contributed by atoms with Gasteiger partial charge in [0.05, 0.1) is 6.04 Å². The second-order valence-corrected chi connectivity index (χ2v) is 4.84. The first-order chi connectivity index (χ1) is 8.86. The third kappa shape index (κ3) is 2.04. The molecule has 92 valence electrons. The van der Waals surface area contributed by atoms with Crippen molar-refractivity contribution in [3.63, 3.8) is 0 Å². The Balaban J connectivity index is 1.86. The highest BCUT2D eigenvalue weighted by molar-refractivity contribution is 7.10. The predicted octanol–water partition coefficient (Wildman–Crippen LogP) is 2.14. The standard InChI is InChI=1S/C11H12N6S/c1-2-8(9-4-3-7-18-9)12-10-5-6-11-13-15-16-17(11)14-10/h3-8H,2H2,1H3,(H,12,14). The third-order valence-corrected chi connectivity index (χ3v) is 3.67. The van der Waals surface area contributed by atoms with Crippen molar-refractivity contribution in [3.8, 4) is 0 Å². The van der Waals surface area contributed by atoms with Gasteiger partial charge in [-0.15, -0.1) is 26.2 Å². The second-order valence-electron chi connectivity index (χ2n) is 3.87. The molecule has 7 heteroatoms. The van der Waals surface area contributed by atoms with E-state index in [1.807, 2.05) is 12.1 Å². The summed E-state index contributed by atoms with van der Waals surface area (Å²) >= 11 is 1.74. The molecule has 3 aromatic heterocycles. The lowest BCUT2D eigenvalue weighted by Crippen LogP contribution is -2.10. The molecule has 18 heavy (non-hydrogen) atoms. The van der Waals surface area contributed by atoms with Crippen LogP contribution in [0.25, 0.3) is 5.65 Å². The molecule has 3 rings (SSSR count). The van der Waals surface area contributed by atoms with Crippen molar-refractivity contribution in [3.05, 3.63) is 34.5 Å². The van der Waals surface area contributed by atoms with Gasteiger partial charge in [-0.2, -0.15) is 0 Å². The molecule has 0 aliphatic carbocycles. The number of nitrogens with zero attached hydrogens (tertiary/aromatic N) is 5. The van der Waals surface area contributed by atoms with E-state index in [9.17, 15) is 0 Å². The van der Waals surface area contributed by atoms with Crippen molar-refractivity contribution in [2.75, 3.05) is 5.32 Å². The number of fused-ring (bicyclic) bond motifs is 1. The normalized spacial score (nSPS) is 12.7. The molecule has 0 spiro atoms. The van der Waals surface area contributed by atoms with E-state index in [4.69, 9.17) is 0 Å². The quantitative estimate of drug-likeness (QED) is 0.778. The lowest BCUT2D eigenvalue weighted by molar-refractivity contribution is 0.713. The van der Waals surface area contributed by atoms with Gasteiger partial charge in [0.2, 0.25) is 0 Å². The van der Waals surface area contributed by atoms with Gasteiger partial charge < -0.3 is 5.32 Å². The second kappa shape index (κ2) is 4.69. The van der Waals surface area contributed by atoms with Crippen LogP contribution in [0.2, 0.25) is 0 Å². The number of rotatable bonds is 4. The lowest BCUT2D eigenvalue weighted by Gasteiger charge is -2.15. The maximum atomic E-state index is 4.31. The highest BCUT2D eigenvalue weighted by Gasteiger charge is 2.11. The van der Waals surface area contributed by atoms with Gasteiger partial charge in [0.15, 0.2) is 5.65 Å². The summed E-state index contributed by atoms with van der Waals surface area (Å²) in [4.78, 5) is 1.30. The number of tetrazole rings is 1. The number of hydrogen-bond donors (Lipinski definition) is 1. The molecule has 0 aliphatic rings. The first kappa shape index (κ1) is 11.1. The molecule has 1 atom stereocenters. The van der Waals surface area contributed by atoms with Crippen molar-refractivity contribution in [2.24, 2.45) is 0 Å². The summed E-state index contributed by atoms with van der Waals surface area (Å²) in [5.41, 5.74) is 0.643. The fraction of sp³-hybridized carbons (Fsp3) is 0.273. The van der Waals surface area contributed by atoms with E-state index in [0.717, 1.165) is 12.2 Å². The molecule has 1 unspecified atom stereocenters. The molecule has 3 heterocycles. The van der Waals surface area contributed by atoms with Crippen LogP contribution in [0.3, 0.4) is 0 Å². The topological polar surface area (TPSA) is 68.0 Å². The molecule has 3 aromatic rings. The molecule has 1 N–H and O–H groups in total. The van der Waals surface area contributed by atoms with Crippen LogP contribution in [0.4, 0.5) is 5.82 Å². The minimum atomic E-state index is 0.270. The van der Waals surface area contributed by atoms with Crippen molar-refractivity contribution in [2.45, 2.75) is 19.4 Å². The summed E-state index contributed by atoms with van der Waals surface area (Å²) in [5, 5.41) is 21.0. The van der Waals surface area contributed by atoms with E-state index in [-0.39, 0.29) is 6.04 Å². The predicted molar refractivity (Wildman–Crippen MR) is 69.6 cm³/mol. The Kier molecular flexibility index (Phi) is 2.89. The van der Waals surface area contributed by atoms with Gasteiger partial charge in [-0.05, 0) is 40.4 Å². The van der Waals surface area contributed by atoms with Crippen LogP contribution in [0.15, 0.2) is 29.6 Å². The summed E-state index contributed by atoms with van der Waals surface area (Å²) in [6.45, 7) is 2.15. The van der Waals surface area contributed by atoms with E-state index in [1.54, 1.807) is 11.3 Å². The maximum absolute atomic E-state index is 4.31. The Morgan fingerprint density at radius 1 is 1.39 bits per heavy atom. The van der Waals surface area contributed by atoms with E-state index in [0.29, 0.717) is 5.65 Å². The number of anilines is 1. The van der Waals surface area contributed by atoms with Gasteiger partial charge in [-0.25, -0.2) is 0 Å². The summed E-state index contributed by atoms with van der Waals surface area (Å²) < 4.78 is 1.42. The van der Waals surface area contributed by atoms with Gasteiger partial charge in [0.1, 0.15) is 5.82 Å². The minimum Gasteiger partial charge on any atom is -0.361 e. The summed E-state index contributed by atoms with van der Waals surface area (Å²) in [6, 6.07) is 8.19. The van der Waals surface area contributed by atoms with E-state index in [2.05, 4.69) is 50.4 Å². The molecular weight excluding hydrogens is 248 g/mol. The number of nitrogens with one attached hydrogen (secondary N) is 1. The Morgan fingerprint density at radius 2 is 2.33 bits per heavy atom. The average Bonchev–Trinajstić information content (AvgIpc) is 3.06. The first-order valence-corrected chi connectivity index (χ1v) is 6.60. The van der Waals surface area contributed by atoms with Crippen LogP contribution in [0.5, 0.6) is 0 Å². The molecule has 0 aromatic carbocycles. The summed E-state index contributed by atoms with van der Waals surface area (Å²) in [7, 11) is 0. The van der Waals surface area contributed by atoms with Gasteiger partial charge in [-0.3, -0.25) is 0 Å². The van der Waals surface area contributed by atoms with Crippen LogP contribution in [0.1, 0.15) is 24.3 Å². The van der Waals surface area contributed by atoms with Gasteiger partial charge in [0.25, 0.3) is 0 Å². The highest BCUT2D eigenvalue weighted by Crippen LogP contribution is 2.25. The zero-order valence-electron chi connectivity index (χ0n) is 9.82. The zero-order chi connectivity index (χ0) is 12.4. The van der Waals surface area contributed by atoms with Crippen LogP contribution < -0.4 is 5.32 Å². The van der Waals surface area contributed by atoms with Crippen LogP contribution in [-0.2, 0) is 0 Å². The van der Waals surface area contributed by atoms with Gasteiger partial charge in [0, 0.05) is 4.88 Å². The van der Waals surface area contributed by atoms with Crippen molar-refractivity contribution in [1.82, 2.24) is 25.3 Å². The van der Waals surface area contributed by atoms with Crippen LogP contribution >= 0.6 is 11.3 Å². The number of hydrogen-bond acceptors (Lipinski definition) is 6. The molecular formula is C11H12N6S. The fourth-order valence-electron chi connectivity index (χ4n) is 1.77. The highest BCUT2D eigenvalue weighted by atomic mass is 32.1. The van der Waals surface area contributed by atoms with E-state index < -0.39 is 0 Å². The molecule has 0 saturated heterocycles. The fourth-order valence-corrected chi connectivity index (χ4v) is 2.63. The van der Waals surface area contributed by atoms with Crippen molar-refractivity contribution in [1.29, 1.82) is 0 Å². The molecule has 0 radical (unpaired) electrons. The van der Waals surface area contributed by atoms with Gasteiger partial charge >= 0.3 is 0 Å². The molecule has 0 amide bonds. The number of aromatic nitrogens is 5. The van der Waals surface area contributed by atoms with Gasteiger partial charge in [-0.1, -0.05) is 13.0 Å². The molecule has 0 aliphatic heterocycles. The van der Waals surface area contributed by atoms with Crippen LogP contribution in [-0.4, -0.2) is 25.3 Å². The van der Waals surface area contributed by atoms with E-state index >= 15 is 0 Å². The van der Waals surface area contributed by atoms with Crippen LogP contribution in [0, 0.1) is 0 Å². The molecule has 0 saturated carbocycles. The Hall–Kier alpha value is -2.02. The SMILES string of the molecule is CCC(Nc1ccc2nnnn2n1)c1cccs1. The number of thiophene rings is 1. The Bertz CT molecular complexity index is 632. The molecule has 6 nitrogen and oxygen atoms in total. The lowest BCUT2D eigenvalue weighted by atomic mass is 10.2. The average molecular weight is 260 g/mol. The Labute approximate surface area is 108 Å². The van der Waals surface area contributed by atoms with Crippen molar-refractivity contribution < 1.29 is 0 Å².